The third-order valence-electron chi connectivity index (χ3n) is 2.31. The maximum atomic E-state index is 12.7. The number of nitrogens with one attached hydrogen (secondary N) is 1. The number of anilines is 1. The van der Waals surface area contributed by atoms with E-state index in [1.54, 1.807) is 0 Å². The summed E-state index contributed by atoms with van der Waals surface area (Å²) in [6.07, 6.45) is -1.04. The first-order chi connectivity index (χ1) is 9.68. The lowest BCUT2D eigenvalue weighted by Crippen LogP contribution is -2.15. The van der Waals surface area contributed by atoms with Crippen LogP contribution in [0.2, 0.25) is 5.02 Å². The molecular weight excluding hydrogens is 331 g/mol. The summed E-state index contributed by atoms with van der Waals surface area (Å²) in [5.74, 6) is -0.119. The molecule has 2 rings (SSSR count). The fourth-order valence-corrected chi connectivity index (χ4v) is 2.79. The van der Waals surface area contributed by atoms with Crippen molar-refractivity contribution < 1.29 is 21.6 Å². The first-order valence-corrected chi connectivity index (χ1v) is 7.21. The Kier molecular flexibility index (Phi) is 4.06. The van der Waals surface area contributed by atoms with E-state index in [2.05, 4.69) is 9.97 Å². The van der Waals surface area contributed by atoms with Gasteiger partial charge in [-0.15, -0.1) is 0 Å². The van der Waals surface area contributed by atoms with Gasteiger partial charge in [0.25, 0.3) is 10.0 Å². The molecule has 5 nitrogen and oxygen atoms in total. The molecule has 0 amide bonds. The third-order valence-corrected chi connectivity index (χ3v) is 3.86. The van der Waals surface area contributed by atoms with Crippen molar-refractivity contribution in [3.05, 3.63) is 47.4 Å². The van der Waals surface area contributed by atoms with Gasteiger partial charge in [-0.2, -0.15) is 13.2 Å². The summed E-state index contributed by atoms with van der Waals surface area (Å²) in [5.41, 5.74) is -1.16. The summed E-state index contributed by atoms with van der Waals surface area (Å²) < 4.78 is 64.1. The monoisotopic (exact) mass is 337 g/mol. The van der Waals surface area contributed by atoms with Crippen molar-refractivity contribution >= 4 is 27.4 Å². The van der Waals surface area contributed by atoms with E-state index in [4.69, 9.17) is 11.6 Å². The van der Waals surface area contributed by atoms with Gasteiger partial charge < -0.3 is 0 Å². The molecular formula is C11H7ClF3N3O2S. The zero-order chi connectivity index (χ0) is 15.7. The van der Waals surface area contributed by atoms with Crippen LogP contribution in [0, 0.1) is 0 Å². The van der Waals surface area contributed by atoms with Crippen molar-refractivity contribution in [1.29, 1.82) is 0 Å². The Bertz CT molecular complexity index is 751. The number of hydrogen-bond acceptors (Lipinski definition) is 4. The van der Waals surface area contributed by atoms with Crippen LogP contribution >= 0.6 is 11.6 Å². The van der Waals surface area contributed by atoms with Crippen molar-refractivity contribution in [2.45, 2.75) is 11.1 Å². The van der Waals surface area contributed by atoms with Crippen LogP contribution < -0.4 is 4.72 Å². The van der Waals surface area contributed by atoms with E-state index in [1.807, 2.05) is 4.72 Å². The molecule has 0 aliphatic carbocycles. The third kappa shape index (κ3) is 3.82. The molecule has 1 heterocycles. The van der Waals surface area contributed by atoms with Crippen LogP contribution in [-0.4, -0.2) is 18.4 Å². The second kappa shape index (κ2) is 5.49. The number of hydrogen-bond donors (Lipinski definition) is 1. The Balaban J connectivity index is 2.43. The van der Waals surface area contributed by atoms with Gasteiger partial charge >= 0.3 is 6.18 Å². The topological polar surface area (TPSA) is 72.0 Å². The number of halogens is 4. The summed E-state index contributed by atoms with van der Waals surface area (Å²) in [4.78, 5) is 6.70. The van der Waals surface area contributed by atoms with Crippen molar-refractivity contribution in [3.63, 3.8) is 0 Å². The average Bonchev–Trinajstić information content (AvgIpc) is 2.37. The van der Waals surface area contributed by atoms with Crippen LogP contribution in [0.1, 0.15) is 5.56 Å². The van der Waals surface area contributed by atoms with E-state index in [0.29, 0.717) is 12.1 Å². The molecule has 0 unspecified atom stereocenters. The number of rotatable bonds is 3. The highest BCUT2D eigenvalue weighted by Crippen LogP contribution is 2.33. The van der Waals surface area contributed by atoms with Gasteiger partial charge in [-0.1, -0.05) is 11.6 Å². The molecule has 1 N–H and O–H groups in total. The minimum atomic E-state index is -4.71. The van der Waals surface area contributed by atoms with Gasteiger partial charge in [0.2, 0.25) is 0 Å². The predicted octanol–water partition coefficient (Wildman–Crippen LogP) is 2.95. The van der Waals surface area contributed by atoms with Crippen LogP contribution in [0.25, 0.3) is 0 Å². The lowest BCUT2D eigenvalue weighted by atomic mass is 10.2. The molecule has 2 aromatic rings. The van der Waals surface area contributed by atoms with Gasteiger partial charge in [-0.05, 0) is 18.2 Å². The van der Waals surface area contributed by atoms with Gasteiger partial charge in [0.1, 0.15) is 0 Å². The van der Waals surface area contributed by atoms with Gasteiger partial charge in [-0.25, -0.2) is 13.4 Å². The molecule has 0 saturated heterocycles. The molecule has 112 valence electrons. The van der Waals surface area contributed by atoms with Crippen LogP contribution in [0.4, 0.5) is 19.0 Å². The summed E-state index contributed by atoms with van der Waals surface area (Å²) in [5, 5.41) is -0.343. The largest absolute Gasteiger partial charge is 0.416 e. The van der Waals surface area contributed by atoms with Gasteiger partial charge in [0.15, 0.2) is 5.82 Å². The van der Waals surface area contributed by atoms with Crippen molar-refractivity contribution in [1.82, 2.24) is 9.97 Å². The molecule has 0 fully saturated rings. The molecule has 0 aliphatic rings. The second-order valence-electron chi connectivity index (χ2n) is 3.87. The molecule has 0 bridgehead atoms. The Morgan fingerprint density at radius 3 is 2.43 bits per heavy atom. The molecule has 21 heavy (non-hydrogen) atoms. The minimum absolute atomic E-state index is 0.119. The maximum absolute atomic E-state index is 12.7. The number of benzene rings is 1. The van der Waals surface area contributed by atoms with Gasteiger partial charge in [-0.3, -0.25) is 9.71 Å². The first-order valence-electron chi connectivity index (χ1n) is 5.35. The van der Waals surface area contributed by atoms with E-state index in [9.17, 15) is 21.6 Å². The molecule has 1 aromatic carbocycles. The Labute approximate surface area is 122 Å². The molecule has 0 spiro atoms. The van der Waals surface area contributed by atoms with E-state index in [-0.39, 0.29) is 10.8 Å². The molecule has 1 aromatic heterocycles. The molecule has 0 radical (unpaired) electrons. The summed E-state index contributed by atoms with van der Waals surface area (Å²) in [7, 11) is -4.26. The summed E-state index contributed by atoms with van der Waals surface area (Å²) >= 11 is 5.54. The standard InChI is InChI=1S/C11H7ClF3N3O2S/c12-8-3-7(11(13,14)15)4-9(5-8)21(19,20)18-10-6-16-1-2-17-10/h1-6H,(H,17,18). The van der Waals surface area contributed by atoms with Crippen LogP contribution in [0.5, 0.6) is 0 Å². The normalized spacial score (nSPS) is 12.2. The smallest absolute Gasteiger partial charge is 0.262 e. The van der Waals surface area contributed by atoms with Crippen LogP contribution in [0.3, 0.4) is 0 Å². The Morgan fingerprint density at radius 2 is 1.86 bits per heavy atom. The van der Waals surface area contributed by atoms with Crippen molar-refractivity contribution in [3.8, 4) is 0 Å². The number of nitrogens with zero attached hydrogens (tertiary/aromatic N) is 2. The number of aromatic nitrogens is 2. The zero-order valence-electron chi connectivity index (χ0n) is 10.1. The van der Waals surface area contributed by atoms with Gasteiger partial charge in [0.05, 0.1) is 16.7 Å². The van der Waals surface area contributed by atoms with E-state index in [0.717, 1.165) is 12.3 Å². The lowest BCUT2D eigenvalue weighted by molar-refractivity contribution is -0.137. The molecule has 10 heteroatoms. The van der Waals surface area contributed by atoms with Crippen LogP contribution in [0.15, 0.2) is 41.7 Å². The fourth-order valence-electron chi connectivity index (χ4n) is 1.43. The van der Waals surface area contributed by atoms with Gasteiger partial charge in [0, 0.05) is 17.4 Å². The summed E-state index contributed by atoms with van der Waals surface area (Å²) in [6, 6.07) is 2.04. The minimum Gasteiger partial charge on any atom is -0.262 e. The fraction of sp³-hybridized carbons (Fsp3) is 0.0909. The predicted molar refractivity (Wildman–Crippen MR) is 69.3 cm³/mol. The Morgan fingerprint density at radius 1 is 1.14 bits per heavy atom. The van der Waals surface area contributed by atoms with Crippen LogP contribution in [-0.2, 0) is 16.2 Å². The van der Waals surface area contributed by atoms with Crippen molar-refractivity contribution in [2.75, 3.05) is 4.72 Å². The Hall–Kier alpha value is -1.87. The highest BCUT2D eigenvalue weighted by molar-refractivity contribution is 7.92. The SMILES string of the molecule is O=S(=O)(Nc1cnccn1)c1cc(Cl)cc(C(F)(F)F)c1. The quantitative estimate of drug-likeness (QED) is 0.934. The maximum Gasteiger partial charge on any atom is 0.416 e. The van der Waals surface area contributed by atoms with Crippen molar-refractivity contribution in [2.24, 2.45) is 0 Å². The van der Waals surface area contributed by atoms with E-state index >= 15 is 0 Å². The van der Waals surface area contributed by atoms with E-state index in [1.165, 1.54) is 12.4 Å². The highest BCUT2D eigenvalue weighted by Gasteiger charge is 2.32. The first kappa shape index (κ1) is 15.5. The second-order valence-corrected chi connectivity index (χ2v) is 5.99. The summed E-state index contributed by atoms with van der Waals surface area (Å²) in [6.45, 7) is 0. The molecule has 0 aliphatic heterocycles. The zero-order valence-corrected chi connectivity index (χ0v) is 11.7. The number of alkyl halides is 3. The number of sulfonamides is 1. The molecule has 0 atom stereocenters. The van der Waals surface area contributed by atoms with E-state index < -0.39 is 26.7 Å². The molecule has 0 saturated carbocycles. The average molecular weight is 338 g/mol. The lowest BCUT2D eigenvalue weighted by Gasteiger charge is -2.11. The highest BCUT2D eigenvalue weighted by atomic mass is 35.5.